The highest BCUT2D eigenvalue weighted by Gasteiger charge is 2.37. The predicted octanol–water partition coefficient (Wildman–Crippen LogP) is 0.824. The lowest BCUT2D eigenvalue weighted by molar-refractivity contribution is -0.00767. The van der Waals surface area contributed by atoms with Gasteiger partial charge in [0, 0.05) is 31.7 Å². The first kappa shape index (κ1) is 14.3. The number of nitrogens with one attached hydrogen (secondary N) is 1. The van der Waals surface area contributed by atoms with E-state index in [0.29, 0.717) is 19.0 Å². The molecular weight excluding hydrogens is 220 g/mol. The Morgan fingerprint density at radius 3 is 2.53 bits per heavy atom. The lowest BCUT2D eigenvalue weighted by atomic mass is 9.90. The fourth-order valence-electron chi connectivity index (χ4n) is 2.00. The Kier molecular flexibility index (Phi) is 4.77. The van der Waals surface area contributed by atoms with Crippen molar-refractivity contribution in [3.05, 3.63) is 0 Å². The first-order valence-electron chi connectivity index (χ1n) is 6.13. The second kappa shape index (κ2) is 5.69. The minimum atomic E-state index is -0.435. The quantitative estimate of drug-likeness (QED) is 0.768. The Morgan fingerprint density at radius 1 is 1.53 bits per heavy atom. The van der Waals surface area contributed by atoms with Crippen LogP contribution in [0.5, 0.6) is 0 Å². The van der Waals surface area contributed by atoms with Crippen molar-refractivity contribution in [1.82, 2.24) is 10.2 Å². The molecule has 5 heteroatoms. The molecule has 17 heavy (non-hydrogen) atoms. The topological polar surface area (TPSA) is 61.8 Å². The first-order chi connectivity index (χ1) is 7.87. The number of ether oxygens (including phenoxy) is 1. The van der Waals surface area contributed by atoms with Crippen molar-refractivity contribution in [3.63, 3.8) is 0 Å². The molecule has 5 nitrogen and oxygen atoms in total. The maximum Gasteiger partial charge on any atom is 0.410 e. The summed E-state index contributed by atoms with van der Waals surface area (Å²) in [6.45, 7) is 7.19. The molecule has 1 heterocycles. The first-order valence-corrected chi connectivity index (χ1v) is 6.13. The molecule has 1 fully saturated rings. The van der Waals surface area contributed by atoms with Crippen LogP contribution in [-0.2, 0) is 4.74 Å². The van der Waals surface area contributed by atoms with Gasteiger partial charge in [-0.15, -0.1) is 0 Å². The number of carbonyl (C=O) groups is 1. The summed E-state index contributed by atoms with van der Waals surface area (Å²) in [5.41, 5.74) is -0.435. The highest BCUT2D eigenvalue weighted by Crippen LogP contribution is 2.23. The molecule has 0 aliphatic carbocycles. The van der Waals surface area contributed by atoms with Gasteiger partial charge in [0.15, 0.2) is 0 Å². The molecule has 2 N–H and O–H groups in total. The summed E-state index contributed by atoms with van der Waals surface area (Å²) in [4.78, 5) is 13.4. The van der Waals surface area contributed by atoms with Gasteiger partial charge in [0.05, 0.1) is 0 Å². The van der Waals surface area contributed by atoms with E-state index in [1.807, 2.05) is 27.8 Å². The normalized spacial score (nSPS) is 18.8. The molecule has 0 bridgehead atoms. The van der Waals surface area contributed by atoms with Gasteiger partial charge < -0.3 is 20.1 Å². The van der Waals surface area contributed by atoms with Crippen molar-refractivity contribution in [2.24, 2.45) is 5.92 Å². The van der Waals surface area contributed by atoms with Crippen LogP contribution in [-0.4, -0.2) is 54.5 Å². The lowest BCUT2D eigenvalue weighted by Gasteiger charge is -2.43. The average molecular weight is 244 g/mol. The number of carbonyl (C=O) groups excluding carboxylic acids is 1. The molecular formula is C12H24N2O3. The number of hydrogen-bond acceptors (Lipinski definition) is 4. The standard InChI is InChI=1S/C12H24N2O3/c1-12(2,3)17-11(16)14-7-9(8-14)10(13-4)5-6-15/h9-10,13,15H,5-8H2,1-4H3/t10-/m0/s1. The van der Waals surface area contributed by atoms with Gasteiger partial charge in [-0.3, -0.25) is 0 Å². The summed E-state index contributed by atoms with van der Waals surface area (Å²) in [5, 5.41) is 12.1. The van der Waals surface area contributed by atoms with Crippen LogP contribution < -0.4 is 5.32 Å². The van der Waals surface area contributed by atoms with E-state index >= 15 is 0 Å². The molecule has 0 radical (unpaired) electrons. The van der Waals surface area contributed by atoms with Crippen LogP contribution in [0.1, 0.15) is 27.2 Å². The number of aliphatic hydroxyl groups is 1. The van der Waals surface area contributed by atoms with Crippen LogP contribution in [0.15, 0.2) is 0 Å². The molecule has 0 aromatic heterocycles. The van der Waals surface area contributed by atoms with E-state index in [0.717, 1.165) is 6.42 Å². The summed E-state index contributed by atoms with van der Waals surface area (Å²) in [6, 6.07) is 0.277. The molecule has 1 aliphatic rings. The monoisotopic (exact) mass is 244 g/mol. The van der Waals surface area contributed by atoms with Gasteiger partial charge in [-0.25, -0.2) is 4.79 Å². The summed E-state index contributed by atoms with van der Waals surface area (Å²) in [7, 11) is 1.89. The van der Waals surface area contributed by atoms with Gasteiger partial charge >= 0.3 is 6.09 Å². The Labute approximate surface area is 103 Å². The van der Waals surface area contributed by atoms with E-state index in [2.05, 4.69) is 5.32 Å². The maximum atomic E-state index is 11.7. The third kappa shape index (κ3) is 4.16. The molecule has 0 aromatic carbocycles. The minimum absolute atomic E-state index is 0.175. The molecule has 0 saturated carbocycles. The van der Waals surface area contributed by atoms with Crippen LogP contribution in [0.2, 0.25) is 0 Å². The third-order valence-corrected chi connectivity index (χ3v) is 2.94. The largest absolute Gasteiger partial charge is 0.444 e. The van der Waals surface area contributed by atoms with Crippen LogP contribution in [0.4, 0.5) is 4.79 Å². The van der Waals surface area contributed by atoms with E-state index in [1.54, 1.807) is 4.90 Å². The third-order valence-electron chi connectivity index (χ3n) is 2.94. The zero-order valence-corrected chi connectivity index (χ0v) is 11.2. The van der Waals surface area contributed by atoms with Crippen LogP contribution in [0.3, 0.4) is 0 Å². The molecule has 1 saturated heterocycles. The number of amides is 1. The number of aliphatic hydroxyl groups excluding tert-OH is 1. The number of hydrogen-bond donors (Lipinski definition) is 2. The maximum absolute atomic E-state index is 11.7. The second-order valence-electron chi connectivity index (χ2n) is 5.55. The van der Waals surface area contributed by atoms with Crippen molar-refractivity contribution < 1.29 is 14.6 Å². The average Bonchev–Trinajstić information content (AvgIpc) is 2.11. The van der Waals surface area contributed by atoms with Crippen molar-refractivity contribution in [2.75, 3.05) is 26.7 Å². The minimum Gasteiger partial charge on any atom is -0.444 e. The van der Waals surface area contributed by atoms with Gasteiger partial charge in [-0.05, 0) is 34.2 Å². The molecule has 1 atom stereocenters. The van der Waals surface area contributed by atoms with E-state index in [4.69, 9.17) is 9.84 Å². The number of rotatable bonds is 4. The van der Waals surface area contributed by atoms with E-state index in [9.17, 15) is 4.79 Å². The fourth-order valence-corrected chi connectivity index (χ4v) is 2.00. The van der Waals surface area contributed by atoms with Crippen LogP contribution >= 0.6 is 0 Å². The van der Waals surface area contributed by atoms with Crippen molar-refractivity contribution in [1.29, 1.82) is 0 Å². The fraction of sp³-hybridized carbons (Fsp3) is 0.917. The van der Waals surface area contributed by atoms with Crippen molar-refractivity contribution >= 4 is 6.09 Å². The van der Waals surface area contributed by atoms with Gasteiger partial charge in [0.2, 0.25) is 0 Å². The Balaban J connectivity index is 2.33. The van der Waals surface area contributed by atoms with Crippen LogP contribution in [0, 0.1) is 5.92 Å². The SMILES string of the molecule is CN[C@@H](CCO)C1CN(C(=O)OC(C)(C)C)C1. The van der Waals surface area contributed by atoms with Gasteiger partial charge in [0.1, 0.15) is 5.60 Å². The molecule has 0 spiro atoms. The Hall–Kier alpha value is -0.810. The highest BCUT2D eigenvalue weighted by atomic mass is 16.6. The molecule has 1 aliphatic heterocycles. The Bertz CT molecular complexity index is 257. The zero-order valence-electron chi connectivity index (χ0n) is 11.2. The second-order valence-corrected chi connectivity index (χ2v) is 5.55. The summed E-state index contributed by atoms with van der Waals surface area (Å²) < 4.78 is 5.28. The van der Waals surface area contributed by atoms with Gasteiger partial charge in [0.25, 0.3) is 0 Å². The van der Waals surface area contributed by atoms with Gasteiger partial charge in [-0.2, -0.15) is 0 Å². The van der Waals surface area contributed by atoms with Crippen molar-refractivity contribution in [3.8, 4) is 0 Å². The van der Waals surface area contributed by atoms with Crippen LogP contribution in [0.25, 0.3) is 0 Å². The summed E-state index contributed by atoms with van der Waals surface area (Å²) >= 11 is 0. The van der Waals surface area contributed by atoms with E-state index in [-0.39, 0.29) is 18.7 Å². The smallest absolute Gasteiger partial charge is 0.410 e. The molecule has 1 rings (SSSR count). The summed E-state index contributed by atoms with van der Waals surface area (Å²) in [6.07, 6.45) is 0.483. The molecule has 0 unspecified atom stereocenters. The van der Waals surface area contributed by atoms with Gasteiger partial charge in [-0.1, -0.05) is 0 Å². The van der Waals surface area contributed by atoms with E-state index < -0.39 is 5.60 Å². The summed E-state index contributed by atoms with van der Waals surface area (Å²) in [5.74, 6) is 0.416. The predicted molar refractivity (Wildman–Crippen MR) is 65.8 cm³/mol. The molecule has 0 aromatic rings. The lowest BCUT2D eigenvalue weighted by Crippen LogP contribution is -2.58. The van der Waals surface area contributed by atoms with E-state index in [1.165, 1.54) is 0 Å². The number of likely N-dealkylation sites (tertiary alicyclic amines) is 1. The zero-order chi connectivity index (χ0) is 13.1. The Morgan fingerprint density at radius 2 is 2.12 bits per heavy atom. The van der Waals surface area contributed by atoms with Crippen molar-refractivity contribution in [2.45, 2.75) is 38.8 Å². The number of nitrogens with zero attached hydrogens (tertiary/aromatic N) is 1. The molecule has 100 valence electrons. The highest BCUT2D eigenvalue weighted by molar-refractivity contribution is 5.69. The molecule has 1 amide bonds.